The summed E-state index contributed by atoms with van der Waals surface area (Å²) in [6.45, 7) is 0. The van der Waals surface area contributed by atoms with Crippen LogP contribution in [0.25, 0.3) is 10.9 Å². The lowest BCUT2D eigenvalue weighted by Gasteiger charge is -1.99. The monoisotopic (exact) mass is 253 g/mol. The number of para-hydroxylation sites is 1. The number of rotatable bonds is 4. The van der Waals surface area contributed by atoms with Crippen LogP contribution >= 0.6 is 11.8 Å². The molecule has 0 bridgehead atoms. The Labute approximate surface area is 111 Å². The summed E-state index contributed by atoms with van der Waals surface area (Å²) in [7, 11) is 0. The summed E-state index contributed by atoms with van der Waals surface area (Å²) in [6, 6.07) is 21.2. The number of H-pyrrole nitrogens is 1. The van der Waals surface area contributed by atoms with E-state index < -0.39 is 0 Å². The number of benzene rings is 2. The minimum atomic E-state index is 1.08. The van der Waals surface area contributed by atoms with Crippen LogP contribution in [-0.4, -0.2) is 10.7 Å². The van der Waals surface area contributed by atoms with Gasteiger partial charge in [-0.2, -0.15) is 0 Å². The summed E-state index contributed by atoms with van der Waals surface area (Å²) in [5.41, 5.74) is 2.55. The fourth-order valence-electron chi connectivity index (χ4n) is 2.06. The van der Waals surface area contributed by atoms with Crippen molar-refractivity contribution in [3.63, 3.8) is 0 Å². The molecule has 1 nitrogen and oxygen atoms in total. The fourth-order valence-corrected chi connectivity index (χ4v) is 2.97. The smallest absolute Gasteiger partial charge is 0.0456 e. The van der Waals surface area contributed by atoms with Gasteiger partial charge in [-0.05, 0) is 36.1 Å². The quantitative estimate of drug-likeness (QED) is 0.677. The van der Waals surface area contributed by atoms with Gasteiger partial charge in [-0.1, -0.05) is 36.4 Å². The van der Waals surface area contributed by atoms with Crippen molar-refractivity contribution >= 4 is 22.7 Å². The second kappa shape index (κ2) is 5.32. The third-order valence-corrected chi connectivity index (χ3v) is 3.98. The van der Waals surface area contributed by atoms with Gasteiger partial charge in [0.2, 0.25) is 0 Å². The highest BCUT2D eigenvalue weighted by Gasteiger charge is 2.00. The highest BCUT2D eigenvalue weighted by atomic mass is 32.2. The topological polar surface area (TPSA) is 15.8 Å². The average molecular weight is 253 g/mol. The number of thioether (sulfide) groups is 1. The van der Waals surface area contributed by atoms with E-state index in [1.807, 2.05) is 11.8 Å². The second-order valence-corrected chi connectivity index (χ2v) is 5.46. The maximum Gasteiger partial charge on any atom is 0.0456 e. The molecule has 0 aliphatic carbocycles. The molecule has 0 unspecified atom stereocenters. The molecule has 0 aliphatic rings. The van der Waals surface area contributed by atoms with Crippen LogP contribution in [-0.2, 0) is 6.42 Å². The molecular formula is C16H15NS. The Bertz CT molecular complexity index is 595. The molecule has 0 saturated heterocycles. The van der Waals surface area contributed by atoms with Crippen molar-refractivity contribution in [2.45, 2.75) is 11.3 Å². The Morgan fingerprint density at radius 3 is 2.50 bits per heavy atom. The van der Waals surface area contributed by atoms with Gasteiger partial charge in [0, 0.05) is 21.9 Å². The molecule has 0 atom stereocenters. The molecule has 3 rings (SSSR count). The summed E-state index contributed by atoms with van der Waals surface area (Å²) >= 11 is 1.91. The van der Waals surface area contributed by atoms with E-state index in [0.29, 0.717) is 0 Å². The maximum absolute atomic E-state index is 3.47. The van der Waals surface area contributed by atoms with E-state index in [-0.39, 0.29) is 0 Å². The van der Waals surface area contributed by atoms with E-state index in [4.69, 9.17) is 0 Å². The minimum Gasteiger partial charge on any atom is -0.358 e. The van der Waals surface area contributed by atoms with E-state index in [9.17, 15) is 0 Å². The SMILES string of the molecule is c1ccc(SCCc2cc3ccccc3[nH]2)cc1. The lowest BCUT2D eigenvalue weighted by molar-refractivity contribution is 1.09. The van der Waals surface area contributed by atoms with Gasteiger partial charge in [-0.15, -0.1) is 11.8 Å². The highest BCUT2D eigenvalue weighted by Crippen LogP contribution is 2.20. The van der Waals surface area contributed by atoms with Crippen molar-refractivity contribution in [2.24, 2.45) is 0 Å². The summed E-state index contributed by atoms with van der Waals surface area (Å²) < 4.78 is 0. The fraction of sp³-hybridized carbons (Fsp3) is 0.125. The van der Waals surface area contributed by atoms with E-state index in [0.717, 1.165) is 12.2 Å². The molecule has 0 spiro atoms. The number of aromatic amines is 1. The van der Waals surface area contributed by atoms with Crippen LogP contribution in [0.15, 0.2) is 65.6 Å². The third kappa shape index (κ3) is 2.59. The second-order valence-electron chi connectivity index (χ2n) is 4.29. The number of hydrogen-bond donors (Lipinski definition) is 1. The molecule has 1 N–H and O–H groups in total. The first-order valence-electron chi connectivity index (χ1n) is 6.16. The number of aryl methyl sites for hydroxylation is 1. The predicted molar refractivity (Wildman–Crippen MR) is 79.2 cm³/mol. The Morgan fingerprint density at radius 1 is 0.889 bits per heavy atom. The van der Waals surface area contributed by atoms with Crippen LogP contribution in [0.5, 0.6) is 0 Å². The van der Waals surface area contributed by atoms with E-state index in [1.54, 1.807) is 0 Å². The van der Waals surface area contributed by atoms with E-state index in [2.05, 4.69) is 65.6 Å². The normalized spacial score (nSPS) is 10.9. The Balaban J connectivity index is 1.63. The van der Waals surface area contributed by atoms with E-state index in [1.165, 1.54) is 21.5 Å². The molecule has 0 radical (unpaired) electrons. The first kappa shape index (κ1) is 11.4. The van der Waals surface area contributed by atoms with Gasteiger partial charge in [0.15, 0.2) is 0 Å². The predicted octanol–water partition coefficient (Wildman–Crippen LogP) is 4.50. The van der Waals surface area contributed by atoms with Crippen molar-refractivity contribution in [2.75, 3.05) is 5.75 Å². The maximum atomic E-state index is 3.47. The minimum absolute atomic E-state index is 1.08. The van der Waals surface area contributed by atoms with Crippen molar-refractivity contribution in [3.05, 3.63) is 66.4 Å². The molecule has 2 heteroatoms. The molecular weight excluding hydrogens is 238 g/mol. The van der Waals surface area contributed by atoms with Gasteiger partial charge in [-0.25, -0.2) is 0 Å². The Morgan fingerprint density at radius 2 is 1.67 bits per heavy atom. The zero-order valence-corrected chi connectivity index (χ0v) is 10.9. The number of hydrogen-bond acceptors (Lipinski definition) is 1. The van der Waals surface area contributed by atoms with Crippen LogP contribution in [0.1, 0.15) is 5.69 Å². The van der Waals surface area contributed by atoms with Crippen molar-refractivity contribution in [1.82, 2.24) is 4.98 Å². The van der Waals surface area contributed by atoms with Crippen LogP contribution in [0, 0.1) is 0 Å². The summed E-state index contributed by atoms with van der Waals surface area (Å²) in [5, 5.41) is 1.30. The van der Waals surface area contributed by atoms with Crippen molar-refractivity contribution in [1.29, 1.82) is 0 Å². The molecule has 2 aromatic carbocycles. The molecule has 0 saturated carbocycles. The van der Waals surface area contributed by atoms with Crippen molar-refractivity contribution < 1.29 is 0 Å². The number of nitrogens with one attached hydrogen (secondary N) is 1. The van der Waals surface area contributed by atoms with Crippen LogP contribution < -0.4 is 0 Å². The molecule has 1 heterocycles. The van der Waals surface area contributed by atoms with Crippen LogP contribution in [0.3, 0.4) is 0 Å². The highest BCUT2D eigenvalue weighted by molar-refractivity contribution is 7.99. The van der Waals surface area contributed by atoms with E-state index >= 15 is 0 Å². The molecule has 3 aromatic rings. The zero-order chi connectivity index (χ0) is 12.2. The van der Waals surface area contributed by atoms with Crippen LogP contribution in [0.2, 0.25) is 0 Å². The summed E-state index contributed by atoms with van der Waals surface area (Å²) in [4.78, 5) is 4.81. The van der Waals surface area contributed by atoms with Gasteiger partial charge < -0.3 is 4.98 Å². The molecule has 90 valence electrons. The third-order valence-electron chi connectivity index (χ3n) is 2.97. The molecule has 18 heavy (non-hydrogen) atoms. The molecule has 0 amide bonds. The van der Waals surface area contributed by atoms with Gasteiger partial charge >= 0.3 is 0 Å². The standard InChI is InChI=1S/C16H15NS/c1-2-7-15(8-3-1)18-11-10-14-12-13-6-4-5-9-16(13)17-14/h1-9,12,17H,10-11H2. The molecule has 1 aromatic heterocycles. The van der Waals surface area contributed by atoms with Crippen LogP contribution in [0.4, 0.5) is 0 Å². The Kier molecular flexibility index (Phi) is 3.37. The largest absolute Gasteiger partial charge is 0.358 e. The van der Waals surface area contributed by atoms with Gasteiger partial charge in [0.25, 0.3) is 0 Å². The zero-order valence-electron chi connectivity index (χ0n) is 10.1. The van der Waals surface area contributed by atoms with Gasteiger partial charge in [-0.3, -0.25) is 0 Å². The summed E-state index contributed by atoms with van der Waals surface area (Å²) in [5.74, 6) is 1.11. The lowest BCUT2D eigenvalue weighted by atomic mass is 10.2. The first-order valence-corrected chi connectivity index (χ1v) is 7.15. The average Bonchev–Trinajstić information content (AvgIpc) is 2.82. The van der Waals surface area contributed by atoms with Crippen molar-refractivity contribution in [3.8, 4) is 0 Å². The molecule has 0 fully saturated rings. The van der Waals surface area contributed by atoms with Gasteiger partial charge in [0.1, 0.15) is 0 Å². The molecule has 0 aliphatic heterocycles. The van der Waals surface area contributed by atoms with Gasteiger partial charge in [0.05, 0.1) is 0 Å². The lowest BCUT2D eigenvalue weighted by Crippen LogP contribution is -1.87. The number of fused-ring (bicyclic) bond motifs is 1. The summed E-state index contributed by atoms with van der Waals surface area (Å²) in [6.07, 6.45) is 1.08. The first-order chi connectivity index (χ1) is 8.92. The number of aromatic nitrogens is 1. The Hall–Kier alpha value is -1.67.